The second-order valence-electron chi connectivity index (χ2n) is 10.9. The lowest BCUT2D eigenvalue weighted by atomic mass is 9.91. The Kier molecular flexibility index (Phi) is 9.59. The van der Waals surface area contributed by atoms with E-state index in [1.165, 1.54) is 6.42 Å². The predicted octanol–water partition coefficient (Wildman–Crippen LogP) is 4.70. The second-order valence-corrected chi connectivity index (χ2v) is 10.9. The van der Waals surface area contributed by atoms with Crippen molar-refractivity contribution in [3.63, 3.8) is 0 Å². The van der Waals surface area contributed by atoms with Crippen LogP contribution in [0.1, 0.15) is 71.4 Å². The van der Waals surface area contributed by atoms with E-state index < -0.39 is 23.6 Å². The number of amides is 2. The summed E-state index contributed by atoms with van der Waals surface area (Å²) in [7, 11) is 0. The number of halogens is 2. The van der Waals surface area contributed by atoms with Gasteiger partial charge in [-0.1, -0.05) is 34.1 Å². The largest absolute Gasteiger partial charge is 0.344 e. The van der Waals surface area contributed by atoms with Crippen molar-refractivity contribution < 1.29 is 18.4 Å². The molecule has 2 aromatic rings. The predicted molar refractivity (Wildman–Crippen MR) is 137 cm³/mol. The number of nitrogens with zero attached hydrogens (tertiary/aromatic N) is 3. The quantitative estimate of drug-likeness (QED) is 0.493. The van der Waals surface area contributed by atoms with Gasteiger partial charge >= 0.3 is 0 Å². The van der Waals surface area contributed by atoms with E-state index >= 15 is 0 Å². The van der Waals surface area contributed by atoms with Gasteiger partial charge in [0, 0.05) is 31.4 Å². The number of piperidine rings is 1. The molecule has 1 unspecified atom stereocenters. The average molecular weight is 504 g/mol. The Bertz CT molecular complexity index is 1010. The number of aromatic nitrogens is 2. The highest BCUT2D eigenvalue weighted by Gasteiger charge is 2.24. The van der Waals surface area contributed by atoms with Gasteiger partial charge in [0.25, 0.3) is 0 Å². The molecule has 0 aliphatic carbocycles. The van der Waals surface area contributed by atoms with E-state index in [0.717, 1.165) is 50.7 Å². The van der Waals surface area contributed by atoms with E-state index in [4.69, 9.17) is 0 Å². The fourth-order valence-corrected chi connectivity index (χ4v) is 4.45. The van der Waals surface area contributed by atoms with Crippen LogP contribution in [-0.4, -0.2) is 51.9 Å². The van der Waals surface area contributed by atoms with E-state index in [9.17, 15) is 18.4 Å². The summed E-state index contributed by atoms with van der Waals surface area (Å²) in [5.41, 5.74) is 0.546. The Morgan fingerprint density at radius 3 is 2.42 bits per heavy atom. The first-order chi connectivity index (χ1) is 17.0. The number of nitrogens with one attached hydrogen (secondary N) is 2. The number of carbonyl (C=O) groups excluding carboxylic acids is 2. The maximum Gasteiger partial charge on any atom is 0.248 e. The summed E-state index contributed by atoms with van der Waals surface area (Å²) in [6.45, 7) is 11.9. The summed E-state index contributed by atoms with van der Waals surface area (Å²) < 4.78 is 28.9. The first kappa shape index (κ1) is 27.8. The average Bonchev–Trinajstić information content (AvgIpc) is 3.25. The number of carbonyl (C=O) groups is 2. The molecule has 2 amide bonds. The first-order valence-electron chi connectivity index (χ1n) is 12.8. The molecule has 1 fully saturated rings. The first-order valence-corrected chi connectivity index (χ1v) is 12.8. The topological polar surface area (TPSA) is 79.3 Å². The van der Waals surface area contributed by atoms with Crippen LogP contribution in [0, 0.1) is 17.0 Å². The third-order valence-corrected chi connectivity index (χ3v) is 6.53. The Morgan fingerprint density at radius 2 is 1.81 bits per heavy atom. The van der Waals surface area contributed by atoms with E-state index in [1.54, 1.807) is 6.33 Å². The fourth-order valence-electron chi connectivity index (χ4n) is 4.45. The van der Waals surface area contributed by atoms with E-state index in [2.05, 4.69) is 45.9 Å². The van der Waals surface area contributed by atoms with Crippen molar-refractivity contribution in [2.24, 2.45) is 5.41 Å². The minimum absolute atomic E-state index is 0.212. The molecule has 3 rings (SSSR count). The van der Waals surface area contributed by atoms with Gasteiger partial charge in [-0.2, -0.15) is 0 Å². The van der Waals surface area contributed by atoms with Crippen LogP contribution in [0.15, 0.2) is 30.7 Å². The lowest BCUT2D eigenvalue weighted by molar-refractivity contribution is -0.126. The number of imidazole rings is 1. The molecule has 2 heterocycles. The summed E-state index contributed by atoms with van der Waals surface area (Å²) in [4.78, 5) is 32.2. The Balaban J connectivity index is 1.51. The zero-order chi connectivity index (χ0) is 26.3. The number of hydrogen-bond acceptors (Lipinski definition) is 4. The summed E-state index contributed by atoms with van der Waals surface area (Å²) >= 11 is 0. The molecule has 7 nitrogen and oxygen atoms in total. The van der Waals surface area contributed by atoms with Gasteiger partial charge < -0.3 is 20.1 Å². The van der Waals surface area contributed by atoms with Crippen LogP contribution in [0.4, 0.5) is 14.6 Å². The Morgan fingerprint density at radius 1 is 1.14 bits per heavy atom. The molecule has 0 radical (unpaired) electrons. The van der Waals surface area contributed by atoms with E-state index in [1.807, 2.05) is 13.1 Å². The zero-order valence-electron chi connectivity index (χ0n) is 21.8. The lowest BCUT2D eigenvalue weighted by Crippen LogP contribution is -2.44. The summed E-state index contributed by atoms with van der Waals surface area (Å²) in [5.74, 6) is -1.88. The van der Waals surface area contributed by atoms with Crippen LogP contribution < -0.4 is 10.6 Å². The highest BCUT2D eigenvalue weighted by atomic mass is 19.1. The normalized spacial score (nSPS) is 16.1. The highest BCUT2D eigenvalue weighted by molar-refractivity contribution is 5.96. The summed E-state index contributed by atoms with van der Waals surface area (Å²) in [6.07, 6.45) is 7.72. The van der Waals surface area contributed by atoms with Crippen molar-refractivity contribution in [2.45, 2.75) is 78.3 Å². The number of benzene rings is 1. The van der Waals surface area contributed by atoms with Crippen molar-refractivity contribution in [1.29, 1.82) is 0 Å². The van der Waals surface area contributed by atoms with Crippen molar-refractivity contribution in [3.05, 3.63) is 47.9 Å². The molecule has 9 heteroatoms. The van der Waals surface area contributed by atoms with Crippen LogP contribution in [0.3, 0.4) is 0 Å². The van der Waals surface area contributed by atoms with E-state index in [-0.39, 0.29) is 17.9 Å². The van der Waals surface area contributed by atoms with Gasteiger partial charge in [0.05, 0.1) is 12.7 Å². The Hall–Kier alpha value is -2.81. The van der Waals surface area contributed by atoms with Crippen LogP contribution in [0.5, 0.6) is 0 Å². The van der Waals surface area contributed by atoms with Gasteiger partial charge in [-0.05, 0) is 55.3 Å². The van der Waals surface area contributed by atoms with Crippen LogP contribution >= 0.6 is 0 Å². The number of likely N-dealkylation sites (tertiary alicyclic amines) is 1. The molecule has 1 aliphatic heterocycles. The van der Waals surface area contributed by atoms with Gasteiger partial charge in [0.1, 0.15) is 17.7 Å². The lowest BCUT2D eigenvalue weighted by Gasteiger charge is -2.34. The van der Waals surface area contributed by atoms with Crippen LogP contribution in [0.2, 0.25) is 0 Å². The number of rotatable bonds is 10. The summed E-state index contributed by atoms with van der Waals surface area (Å²) in [5, 5.41) is 5.49. The monoisotopic (exact) mass is 503 g/mol. The minimum Gasteiger partial charge on any atom is -0.344 e. The highest BCUT2D eigenvalue weighted by Crippen LogP contribution is 2.26. The molecule has 36 heavy (non-hydrogen) atoms. The third kappa shape index (κ3) is 8.69. The minimum atomic E-state index is -0.767. The number of hydrogen-bond donors (Lipinski definition) is 2. The third-order valence-electron chi connectivity index (χ3n) is 6.53. The smallest absolute Gasteiger partial charge is 0.248 e. The van der Waals surface area contributed by atoms with Crippen molar-refractivity contribution >= 4 is 17.6 Å². The molecule has 0 bridgehead atoms. The van der Waals surface area contributed by atoms with Gasteiger partial charge in [0.2, 0.25) is 11.8 Å². The molecular weight excluding hydrogens is 464 g/mol. The molecule has 1 saturated heterocycles. The fraction of sp³-hybridized carbons (Fsp3) is 0.593. The molecule has 1 aliphatic rings. The maximum atomic E-state index is 13.4. The Labute approximate surface area is 212 Å². The van der Waals surface area contributed by atoms with Crippen molar-refractivity contribution in [2.75, 3.05) is 25.0 Å². The molecule has 1 atom stereocenters. The molecule has 1 aromatic heterocycles. The van der Waals surface area contributed by atoms with Gasteiger partial charge in [-0.3, -0.25) is 9.59 Å². The summed E-state index contributed by atoms with van der Waals surface area (Å²) in [6, 6.07) is 2.55. The number of anilines is 1. The second kappa shape index (κ2) is 12.4. The van der Waals surface area contributed by atoms with Gasteiger partial charge in [0.15, 0.2) is 5.82 Å². The standard InChI is InChI=1S/C27H39F2N5O2/c1-5-6-23(31-25(35)15-19-13-20(28)16-21(29)14-19)26(36)32-24-17-34(18-30-24)22-7-10-33(11-8-22)12-9-27(2,3)4/h13-14,16-18,22-23H,5-12,15H2,1-4H3,(H,31,35)(H,32,36). The van der Waals surface area contributed by atoms with Crippen molar-refractivity contribution in [1.82, 2.24) is 19.8 Å². The van der Waals surface area contributed by atoms with Crippen LogP contribution in [0.25, 0.3) is 0 Å². The molecule has 0 spiro atoms. The van der Waals surface area contributed by atoms with E-state index in [0.29, 0.717) is 30.1 Å². The molecule has 1 aromatic carbocycles. The van der Waals surface area contributed by atoms with Gasteiger partial charge in [-0.25, -0.2) is 13.8 Å². The molecule has 0 saturated carbocycles. The van der Waals surface area contributed by atoms with Crippen LogP contribution in [-0.2, 0) is 16.0 Å². The SMILES string of the molecule is CCCC(NC(=O)Cc1cc(F)cc(F)c1)C(=O)Nc1cn(C2CCN(CCC(C)(C)C)CC2)cn1. The molecule has 198 valence electrons. The van der Waals surface area contributed by atoms with Gasteiger partial charge in [-0.15, -0.1) is 0 Å². The molecular formula is C27H39F2N5O2. The maximum absolute atomic E-state index is 13.4. The zero-order valence-corrected chi connectivity index (χ0v) is 21.8. The molecule has 2 N–H and O–H groups in total. The van der Waals surface area contributed by atoms with Crippen molar-refractivity contribution in [3.8, 4) is 0 Å².